The number of aliphatic hydroxyl groups is 1. The van der Waals surface area contributed by atoms with Gasteiger partial charge in [-0.2, -0.15) is 0 Å². The van der Waals surface area contributed by atoms with Crippen LogP contribution in [-0.2, 0) is 0 Å². The maximum absolute atomic E-state index is 12.8. The van der Waals surface area contributed by atoms with Crippen LogP contribution in [0.25, 0.3) is 0 Å². The van der Waals surface area contributed by atoms with Crippen LogP contribution in [0.5, 0.6) is 5.75 Å². The molecule has 148 valence electrons. The molecular weight excluding hydrogens is 398 g/mol. The molecule has 2 aromatic rings. The number of amides is 1. The summed E-state index contributed by atoms with van der Waals surface area (Å²) in [6.45, 7) is 2.79. The second kappa shape index (κ2) is 7.85. The van der Waals surface area contributed by atoms with E-state index in [1.54, 1.807) is 24.3 Å². The van der Waals surface area contributed by atoms with E-state index in [1.807, 2.05) is 17.0 Å². The second-order valence-corrected chi connectivity index (χ2v) is 9.12. The van der Waals surface area contributed by atoms with Crippen LogP contribution in [0.3, 0.4) is 0 Å². The number of nitrogens with zero attached hydrogens (tertiary/aromatic N) is 1. The SMILES string of the molecule is CC(=O)c1ccc(C(=O)N2C[C@H]3C[C@@H](Oc4cccc(Cl)c4)[C@H](O)C[C@H]3C2)s1. The summed E-state index contributed by atoms with van der Waals surface area (Å²) < 4.78 is 5.99. The standard InChI is InChI=1S/C21H22ClNO4S/c1-12(24)19-5-6-20(28-19)21(26)23-10-13-7-17(25)18(8-14(13)11-23)27-16-4-2-3-15(22)9-16/h2-6,9,13-14,17-18,25H,7-8,10-11H2,1H3/t13-,14+,17+,18+/m0/s1. The van der Waals surface area contributed by atoms with Crippen molar-refractivity contribution < 1.29 is 19.4 Å². The van der Waals surface area contributed by atoms with Gasteiger partial charge in [0.2, 0.25) is 0 Å². The number of ketones is 1. The number of ether oxygens (including phenoxy) is 1. The van der Waals surface area contributed by atoms with Crippen molar-refractivity contribution >= 4 is 34.6 Å². The number of benzene rings is 1. The second-order valence-electron chi connectivity index (χ2n) is 7.60. The van der Waals surface area contributed by atoms with E-state index < -0.39 is 6.10 Å². The number of carbonyl (C=O) groups excluding carboxylic acids is 2. The third-order valence-corrected chi connectivity index (χ3v) is 7.03. The monoisotopic (exact) mass is 419 g/mol. The van der Waals surface area contributed by atoms with Crippen molar-refractivity contribution in [3.8, 4) is 5.75 Å². The molecule has 0 spiro atoms. The molecule has 0 radical (unpaired) electrons. The van der Waals surface area contributed by atoms with Gasteiger partial charge in [-0.05, 0) is 61.9 Å². The summed E-state index contributed by atoms with van der Waals surface area (Å²) in [5, 5.41) is 11.2. The zero-order valence-corrected chi connectivity index (χ0v) is 17.1. The lowest BCUT2D eigenvalue weighted by molar-refractivity contribution is -0.0231. The Labute approximate surface area is 172 Å². The molecule has 2 aliphatic rings. The van der Waals surface area contributed by atoms with Crippen molar-refractivity contribution in [3.63, 3.8) is 0 Å². The number of hydrogen-bond acceptors (Lipinski definition) is 5. The molecular formula is C21H22ClNO4S. The maximum atomic E-state index is 12.8. The van der Waals surface area contributed by atoms with Crippen molar-refractivity contribution in [2.45, 2.75) is 32.0 Å². The molecule has 2 fully saturated rings. The van der Waals surface area contributed by atoms with Crippen LogP contribution < -0.4 is 4.74 Å². The third-order valence-electron chi connectivity index (χ3n) is 5.62. The van der Waals surface area contributed by atoms with E-state index >= 15 is 0 Å². The molecule has 0 bridgehead atoms. The van der Waals surface area contributed by atoms with Gasteiger partial charge in [-0.3, -0.25) is 9.59 Å². The van der Waals surface area contributed by atoms with Crippen molar-refractivity contribution in [2.75, 3.05) is 13.1 Å². The molecule has 1 aromatic carbocycles. The average molecular weight is 420 g/mol. The summed E-state index contributed by atoms with van der Waals surface area (Å²) >= 11 is 7.26. The molecule has 1 saturated heterocycles. The van der Waals surface area contributed by atoms with Crippen molar-refractivity contribution in [1.29, 1.82) is 0 Å². The predicted molar refractivity (Wildman–Crippen MR) is 108 cm³/mol. The van der Waals surface area contributed by atoms with E-state index in [0.717, 1.165) is 0 Å². The van der Waals surface area contributed by atoms with Gasteiger partial charge in [0, 0.05) is 18.1 Å². The van der Waals surface area contributed by atoms with Crippen LogP contribution in [0.1, 0.15) is 39.1 Å². The summed E-state index contributed by atoms with van der Waals surface area (Å²) in [6, 6.07) is 10.6. The number of thiophene rings is 1. The highest BCUT2D eigenvalue weighted by molar-refractivity contribution is 7.15. The van der Waals surface area contributed by atoms with Gasteiger partial charge < -0.3 is 14.7 Å². The molecule has 1 saturated carbocycles. The quantitative estimate of drug-likeness (QED) is 0.763. The zero-order valence-electron chi connectivity index (χ0n) is 15.5. The Morgan fingerprint density at radius 3 is 2.54 bits per heavy atom. The molecule has 28 heavy (non-hydrogen) atoms. The van der Waals surface area contributed by atoms with E-state index in [1.165, 1.54) is 18.3 Å². The molecule has 4 rings (SSSR count). The van der Waals surface area contributed by atoms with Gasteiger partial charge in [-0.25, -0.2) is 0 Å². The van der Waals surface area contributed by atoms with Crippen LogP contribution in [0.2, 0.25) is 5.02 Å². The van der Waals surface area contributed by atoms with E-state index in [-0.39, 0.29) is 23.7 Å². The van der Waals surface area contributed by atoms with Gasteiger partial charge in [-0.1, -0.05) is 17.7 Å². The molecule has 4 atom stereocenters. The Kier molecular flexibility index (Phi) is 5.45. The first-order chi connectivity index (χ1) is 13.4. The number of rotatable bonds is 4. The van der Waals surface area contributed by atoms with Gasteiger partial charge in [0.25, 0.3) is 5.91 Å². The molecule has 1 aromatic heterocycles. The summed E-state index contributed by atoms with van der Waals surface area (Å²) in [5.41, 5.74) is 0. The molecule has 1 amide bonds. The van der Waals surface area contributed by atoms with E-state index in [9.17, 15) is 14.7 Å². The molecule has 7 heteroatoms. The first-order valence-corrected chi connectivity index (χ1v) is 10.6. The molecule has 2 heterocycles. The Hall–Kier alpha value is -1.89. The van der Waals surface area contributed by atoms with Gasteiger partial charge in [0.1, 0.15) is 11.9 Å². The molecule has 5 nitrogen and oxygen atoms in total. The summed E-state index contributed by atoms with van der Waals surface area (Å²) in [5.74, 6) is 1.16. The number of Topliss-reactive ketones (excluding diaryl/α,β-unsaturated/α-hetero) is 1. The summed E-state index contributed by atoms with van der Waals surface area (Å²) in [6.07, 6.45) is 0.441. The summed E-state index contributed by atoms with van der Waals surface area (Å²) in [7, 11) is 0. The third kappa shape index (κ3) is 3.95. The fourth-order valence-corrected chi connectivity index (χ4v) is 5.25. The van der Waals surface area contributed by atoms with Crippen LogP contribution in [-0.4, -0.2) is 47.0 Å². The Morgan fingerprint density at radius 1 is 1.14 bits per heavy atom. The topological polar surface area (TPSA) is 66.8 Å². The van der Waals surface area contributed by atoms with Gasteiger partial charge in [0.05, 0.1) is 15.9 Å². The zero-order chi connectivity index (χ0) is 19.8. The van der Waals surface area contributed by atoms with Crippen LogP contribution in [0.4, 0.5) is 0 Å². The Morgan fingerprint density at radius 2 is 1.86 bits per heavy atom. The fraction of sp³-hybridized carbons (Fsp3) is 0.429. The van der Waals surface area contributed by atoms with Gasteiger partial charge in [0.15, 0.2) is 5.78 Å². The maximum Gasteiger partial charge on any atom is 0.263 e. The minimum Gasteiger partial charge on any atom is -0.488 e. The Bertz CT molecular complexity index is 898. The molecule has 1 N–H and O–H groups in total. The van der Waals surface area contributed by atoms with Crippen LogP contribution in [0.15, 0.2) is 36.4 Å². The van der Waals surface area contributed by atoms with Crippen LogP contribution in [0, 0.1) is 11.8 Å². The molecule has 1 aliphatic carbocycles. The smallest absolute Gasteiger partial charge is 0.263 e. The number of hydrogen-bond donors (Lipinski definition) is 1. The van der Waals surface area contributed by atoms with Crippen molar-refractivity contribution in [3.05, 3.63) is 51.2 Å². The fourth-order valence-electron chi connectivity index (χ4n) is 4.20. The minimum absolute atomic E-state index is 0.0248. The average Bonchev–Trinajstić information content (AvgIpc) is 3.28. The molecule has 1 aliphatic heterocycles. The summed E-state index contributed by atoms with van der Waals surface area (Å²) in [4.78, 5) is 27.4. The largest absolute Gasteiger partial charge is 0.488 e. The lowest BCUT2D eigenvalue weighted by Crippen LogP contribution is -2.42. The van der Waals surface area contributed by atoms with E-state index in [4.69, 9.17) is 16.3 Å². The lowest BCUT2D eigenvalue weighted by atomic mass is 9.78. The van der Waals surface area contributed by atoms with E-state index in [2.05, 4.69) is 0 Å². The lowest BCUT2D eigenvalue weighted by Gasteiger charge is -2.35. The highest BCUT2D eigenvalue weighted by atomic mass is 35.5. The van der Waals surface area contributed by atoms with Gasteiger partial charge >= 0.3 is 0 Å². The normalized spacial score (nSPS) is 26.8. The molecule has 0 unspecified atom stereocenters. The number of carbonyl (C=O) groups is 2. The van der Waals surface area contributed by atoms with Crippen molar-refractivity contribution in [1.82, 2.24) is 4.90 Å². The van der Waals surface area contributed by atoms with E-state index in [0.29, 0.717) is 52.4 Å². The van der Waals surface area contributed by atoms with Crippen molar-refractivity contribution in [2.24, 2.45) is 11.8 Å². The number of likely N-dealkylation sites (tertiary alicyclic amines) is 1. The first kappa shape index (κ1) is 19.4. The van der Waals surface area contributed by atoms with Crippen LogP contribution >= 0.6 is 22.9 Å². The predicted octanol–water partition coefficient (Wildman–Crippen LogP) is 3.89. The highest BCUT2D eigenvalue weighted by Crippen LogP contribution is 2.39. The number of halogens is 1. The highest BCUT2D eigenvalue weighted by Gasteiger charge is 2.44. The van der Waals surface area contributed by atoms with Gasteiger partial charge in [-0.15, -0.1) is 11.3 Å². The number of aliphatic hydroxyl groups excluding tert-OH is 1. The first-order valence-electron chi connectivity index (χ1n) is 9.41. The Balaban J connectivity index is 1.42. The minimum atomic E-state index is -0.568. The number of fused-ring (bicyclic) bond motifs is 1.